The van der Waals surface area contributed by atoms with Crippen molar-refractivity contribution >= 4 is 23.4 Å². The van der Waals surface area contributed by atoms with Crippen LogP contribution in [0.4, 0.5) is 16.2 Å². The molecule has 6 nitrogen and oxygen atoms in total. The van der Waals surface area contributed by atoms with Crippen LogP contribution in [0.3, 0.4) is 0 Å². The van der Waals surface area contributed by atoms with Gasteiger partial charge >= 0.3 is 6.09 Å². The normalized spacial score (nSPS) is 18.7. The summed E-state index contributed by atoms with van der Waals surface area (Å²) in [4.78, 5) is 23.8. The van der Waals surface area contributed by atoms with E-state index >= 15 is 0 Å². The van der Waals surface area contributed by atoms with Gasteiger partial charge in [0, 0.05) is 35.3 Å². The first kappa shape index (κ1) is 20.0. The van der Waals surface area contributed by atoms with Crippen molar-refractivity contribution < 1.29 is 14.3 Å². The van der Waals surface area contributed by atoms with Crippen molar-refractivity contribution in [2.45, 2.75) is 64.6 Å². The zero-order valence-electron chi connectivity index (χ0n) is 16.2. The molecular weight excluding hydrogens is 330 g/mol. The molecule has 2 rings (SSSR count). The van der Waals surface area contributed by atoms with Crippen LogP contribution < -0.4 is 16.0 Å². The largest absolute Gasteiger partial charge is 0.446 e. The molecule has 0 unspecified atom stereocenters. The van der Waals surface area contributed by atoms with E-state index < -0.39 is 6.09 Å². The maximum Gasteiger partial charge on any atom is 0.411 e. The first-order valence-corrected chi connectivity index (χ1v) is 8.81. The predicted molar refractivity (Wildman–Crippen MR) is 104 cm³/mol. The van der Waals surface area contributed by atoms with Crippen molar-refractivity contribution in [3.63, 3.8) is 0 Å². The Morgan fingerprint density at radius 3 is 2.38 bits per heavy atom. The number of hydrogen-bond acceptors (Lipinski definition) is 4. The van der Waals surface area contributed by atoms with Crippen LogP contribution in [0.15, 0.2) is 30.9 Å². The molecule has 1 saturated heterocycles. The summed E-state index contributed by atoms with van der Waals surface area (Å²) in [6, 6.07) is 5.30. The van der Waals surface area contributed by atoms with Gasteiger partial charge in [0.1, 0.15) is 6.10 Å². The molecule has 0 aromatic heterocycles. The Bertz CT molecular complexity index is 694. The molecule has 26 heavy (non-hydrogen) atoms. The van der Waals surface area contributed by atoms with Gasteiger partial charge in [-0.2, -0.15) is 0 Å². The molecule has 6 heteroatoms. The van der Waals surface area contributed by atoms with Crippen molar-refractivity contribution in [3.05, 3.63) is 36.4 Å². The molecule has 1 aliphatic heterocycles. The van der Waals surface area contributed by atoms with Gasteiger partial charge in [0.2, 0.25) is 5.91 Å². The molecule has 3 N–H and O–H groups in total. The van der Waals surface area contributed by atoms with E-state index in [1.807, 2.05) is 13.0 Å². The summed E-state index contributed by atoms with van der Waals surface area (Å²) in [6.45, 7) is 13.7. The number of benzene rings is 1. The van der Waals surface area contributed by atoms with E-state index in [1.165, 1.54) is 6.08 Å². The quantitative estimate of drug-likeness (QED) is 0.711. The number of rotatable bonds is 4. The molecule has 1 aromatic rings. The molecule has 2 amide bonds. The van der Waals surface area contributed by atoms with Gasteiger partial charge in [-0.1, -0.05) is 12.6 Å². The van der Waals surface area contributed by atoms with Crippen LogP contribution in [0, 0.1) is 6.92 Å². The Morgan fingerprint density at radius 1 is 1.19 bits per heavy atom. The van der Waals surface area contributed by atoms with Crippen molar-refractivity contribution in [3.8, 4) is 0 Å². The van der Waals surface area contributed by atoms with Crippen LogP contribution in [0.1, 0.15) is 46.1 Å². The third kappa shape index (κ3) is 5.59. The molecular formula is C20H29N3O3. The van der Waals surface area contributed by atoms with E-state index in [0.29, 0.717) is 11.4 Å². The van der Waals surface area contributed by atoms with Crippen LogP contribution in [-0.2, 0) is 9.53 Å². The number of piperidine rings is 1. The van der Waals surface area contributed by atoms with Gasteiger partial charge in [-0.05, 0) is 58.4 Å². The fourth-order valence-electron chi connectivity index (χ4n) is 3.63. The smallest absolute Gasteiger partial charge is 0.411 e. The Balaban J connectivity index is 2.04. The van der Waals surface area contributed by atoms with Crippen LogP contribution in [0.25, 0.3) is 0 Å². The van der Waals surface area contributed by atoms with Crippen molar-refractivity contribution in [1.82, 2.24) is 5.32 Å². The van der Waals surface area contributed by atoms with Gasteiger partial charge < -0.3 is 15.4 Å². The zero-order chi connectivity index (χ0) is 19.5. The number of ether oxygens (including phenoxy) is 1. The first-order valence-electron chi connectivity index (χ1n) is 8.81. The highest BCUT2D eigenvalue weighted by atomic mass is 16.6. The van der Waals surface area contributed by atoms with E-state index in [0.717, 1.165) is 18.4 Å². The van der Waals surface area contributed by atoms with Gasteiger partial charge in [-0.15, -0.1) is 0 Å². The lowest BCUT2D eigenvalue weighted by atomic mass is 9.81. The number of carbonyl (C=O) groups excluding carboxylic acids is 2. The van der Waals surface area contributed by atoms with Crippen LogP contribution in [0.5, 0.6) is 0 Å². The lowest BCUT2D eigenvalue weighted by molar-refractivity contribution is -0.111. The minimum absolute atomic E-state index is 0.0997. The maximum absolute atomic E-state index is 12.4. The van der Waals surface area contributed by atoms with Crippen LogP contribution >= 0.6 is 0 Å². The molecule has 0 atom stereocenters. The van der Waals surface area contributed by atoms with Gasteiger partial charge in [-0.25, -0.2) is 4.79 Å². The number of nitrogens with one attached hydrogen (secondary N) is 3. The number of hydrogen-bond donors (Lipinski definition) is 3. The number of carbonyl (C=O) groups is 2. The minimum Gasteiger partial charge on any atom is -0.446 e. The fraction of sp³-hybridized carbons (Fsp3) is 0.500. The second-order valence-electron chi connectivity index (χ2n) is 8.18. The van der Waals surface area contributed by atoms with E-state index in [2.05, 4.69) is 50.2 Å². The highest BCUT2D eigenvalue weighted by Gasteiger charge is 2.39. The van der Waals surface area contributed by atoms with E-state index in [4.69, 9.17) is 4.74 Å². The number of aryl methyl sites for hydroxylation is 1. The highest BCUT2D eigenvalue weighted by Crippen LogP contribution is 2.30. The van der Waals surface area contributed by atoms with E-state index in [1.54, 1.807) is 12.1 Å². The molecule has 142 valence electrons. The monoisotopic (exact) mass is 359 g/mol. The topological polar surface area (TPSA) is 79.5 Å². The molecule has 1 fully saturated rings. The third-order valence-electron chi connectivity index (χ3n) is 4.35. The van der Waals surface area contributed by atoms with E-state index in [9.17, 15) is 9.59 Å². The summed E-state index contributed by atoms with van der Waals surface area (Å²) < 4.78 is 5.67. The first-order chi connectivity index (χ1) is 12.0. The molecule has 0 bridgehead atoms. The Labute approximate surface area is 155 Å². The Kier molecular flexibility index (Phi) is 5.76. The minimum atomic E-state index is -0.487. The summed E-state index contributed by atoms with van der Waals surface area (Å²) in [6.07, 6.45) is 2.04. The van der Waals surface area contributed by atoms with Gasteiger partial charge in [0.15, 0.2) is 0 Å². The summed E-state index contributed by atoms with van der Waals surface area (Å²) in [5.74, 6) is -0.304. The highest BCUT2D eigenvalue weighted by molar-refractivity contribution is 5.99. The Morgan fingerprint density at radius 2 is 1.81 bits per heavy atom. The lowest BCUT2D eigenvalue weighted by Gasteiger charge is -2.45. The molecule has 0 aliphatic carbocycles. The van der Waals surface area contributed by atoms with Crippen molar-refractivity contribution in [2.24, 2.45) is 0 Å². The van der Waals surface area contributed by atoms with Crippen LogP contribution in [-0.4, -0.2) is 29.2 Å². The molecule has 0 saturated carbocycles. The second-order valence-corrected chi connectivity index (χ2v) is 8.18. The predicted octanol–water partition coefficient (Wildman–Crippen LogP) is 3.98. The fourth-order valence-corrected chi connectivity index (χ4v) is 3.63. The summed E-state index contributed by atoms with van der Waals surface area (Å²) >= 11 is 0. The molecule has 1 heterocycles. The number of amides is 2. The lowest BCUT2D eigenvalue weighted by Crippen LogP contribution is -2.59. The van der Waals surface area contributed by atoms with Gasteiger partial charge in [0.25, 0.3) is 0 Å². The standard InChI is InChI=1S/C20H29N3O3/c1-7-17(24)21-14-9-8-13(2)16(10-14)22-18(25)26-15-11-19(3,4)23-20(5,6)12-15/h7-10,15,23H,1,11-12H2,2-6H3,(H,21,24)(H,22,25). The van der Waals surface area contributed by atoms with Gasteiger partial charge in [0.05, 0.1) is 0 Å². The summed E-state index contributed by atoms with van der Waals surface area (Å²) in [7, 11) is 0. The number of anilines is 2. The zero-order valence-corrected chi connectivity index (χ0v) is 16.2. The summed E-state index contributed by atoms with van der Waals surface area (Å²) in [5, 5.41) is 9.03. The molecule has 0 radical (unpaired) electrons. The van der Waals surface area contributed by atoms with Crippen molar-refractivity contribution in [2.75, 3.05) is 10.6 Å². The molecule has 0 spiro atoms. The Hall–Kier alpha value is -2.34. The maximum atomic E-state index is 12.4. The second kappa shape index (κ2) is 7.50. The molecule has 1 aliphatic rings. The molecule has 1 aromatic carbocycles. The third-order valence-corrected chi connectivity index (χ3v) is 4.35. The van der Waals surface area contributed by atoms with Gasteiger partial charge in [-0.3, -0.25) is 10.1 Å². The average Bonchev–Trinajstić information content (AvgIpc) is 2.47. The average molecular weight is 359 g/mol. The SMILES string of the molecule is C=CC(=O)Nc1ccc(C)c(NC(=O)OC2CC(C)(C)NC(C)(C)C2)c1. The van der Waals surface area contributed by atoms with Crippen LogP contribution in [0.2, 0.25) is 0 Å². The van der Waals surface area contributed by atoms with Crippen molar-refractivity contribution in [1.29, 1.82) is 0 Å². The summed E-state index contributed by atoms with van der Waals surface area (Å²) in [5.41, 5.74) is 1.86. The van der Waals surface area contributed by atoms with E-state index in [-0.39, 0.29) is 23.1 Å².